The van der Waals surface area contributed by atoms with Gasteiger partial charge in [0.1, 0.15) is 5.65 Å². The van der Waals surface area contributed by atoms with Crippen LogP contribution in [-0.4, -0.2) is 70.9 Å². The Morgan fingerprint density at radius 1 is 1.02 bits per heavy atom. The smallest absolute Gasteiger partial charge is 0.247 e. The van der Waals surface area contributed by atoms with Gasteiger partial charge < -0.3 is 24.8 Å². The fourth-order valence-electron chi connectivity index (χ4n) is 5.62. The first-order valence-corrected chi connectivity index (χ1v) is 14.0. The molecule has 1 aliphatic heterocycles. The molecule has 9 nitrogen and oxygen atoms in total. The summed E-state index contributed by atoms with van der Waals surface area (Å²) >= 11 is 0. The summed E-state index contributed by atoms with van der Waals surface area (Å²) in [6, 6.07) is 14.9. The Morgan fingerprint density at radius 2 is 1.79 bits per heavy atom. The highest BCUT2D eigenvalue weighted by Crippen LogP contribution is 2.46. The summed E-state index contributed by atoms with van der Waals surface area (Å²) in [7, 11) is 5.69. The first-order chi connectivity index (χ1) is 20.4. The number of rotatable bonds is 7. The van der Waals surface area contributed by atoms with Gasteiger partial charge in [-0.2, -0.15) is 5.10 Å². The predicted octanol–water partition coefficient (Wildman–Crippen LogP) is 5.49. The maximum atomic E-state index is 12.4. The van der Waals surface area contributed by atoms with Crippen molar-refractivity contribution in [1.82, 2.24) is 24.6 Å². The first kappa shape index (κ1) is 27.3. The van der Waals surface area contributed by atoms with Gasteiger partial charge in [-0.1, -0.05) is 30.8 Å². The number of amides is 1. The molecule has 1 saturated heterocycles. The second-order valence-electron chi connectivity index (χ2n) is 10.8. The zero-order valence-electron chi connectivity index (χ0n) is 24.4. The van der Waals surface area contributed by atoms with Crippen LogP contribution in [0.2, 0.25) is 0 Å². The van der Waals surface area contributed by atoms with Crippen LogP contribution < -0.4 is 15.0 Å². The molecule has 214 valence electrons. The van der Waals surface area contributed by atoms with Crippen molar-refractivity contribution in [1.29, 1.82) is 0 Å². The first-order valence-electron chi connectivity index (χ1n) is 14.0. The lowest BCUT2D eigenvalue weighted by molar-refractivity contribution is -0.111. The molecule has 1 aliphatic rings. The van der Waals surface area contributed by atoms with Crippen LogP contribution in [0.25, 0.3) is 44.5 Å². The number of nitrogens with one attached hydrogen (secondary N) is 2. The van der Waals surface area contributed by atoms with Gasteiger partial charge in [0.2, 0.25) is 5.91 Å². The van der Waals surface area contributed by atoms with Crippen molar-refractivity contribution in [2.75, 3.05) is 50.6 Å². The molecule has 0 radical (unpaired) electrons. The molecule has 9 heteroatoms. The van der Waals surface area contributed by atoms with Crippen molar-refractivity contribution in [2.45, 2.75) is 6.92 Å². The summed E-state index contributed by atoms with van der Waals surface area (Å²) in [6.07, 6.45) is 6.93. The van der Waals surface area contributed by atoms with E-state index in [-0.39, 0.29) is 5.91 Å². The molecule has 5 aromatic rings. The molecular formula is C33H35N7O2. The SMILES string of the molecule is C=CC(=O)Nc1c(C)ccc(-c2c(-c3ccc(N4CCN(C)CC4)cc3)[nH]c3ncc(-c4cnn(C)c4)cc23)c1OC. The second kappa shape index (κ2) is 11.2. The molecule has 42 heavy (non-hydrogen) atoms. The Morgan fingerprint density at radius 3 is 2.45 bits per heavy atom. The number of ether oxygens (including phenoxy) is 1. The van der Waals surface area contributed by atoms with Gasteiger partial charge in [0, 0.05) is 78.9 Å². The van der Waals surface area contributed by atoms with Crippen molar-refractivity contribution < 1.29 is 9.53 Å². The van der Waals surface area contributed by atoms with Gasteiger partial charge in [-0.05, 0) is 49.4 Å². The minimum Gasteiger partial charge on any atom is -0.494 e. The maximum absolute atomic E-state index is 12.4. The van der Waals surface area contributed by atoms with E-state index in [1.807, 2.05) is 44.7 Å². The summed E-state index contributed by atoms with van der Waals surface area (Å²) in [5.74, 6) is 0.279. The van der Waals surface area contributed by atoms with E-state index in [9.17, 15) is 4.79 Å². The molecule has 1 amide bonds. The Kier molecular flexibility index (Phi) is 7.26. The molecule has 0 unspecified atom stereocenters. The lowest BCUT2D eigenvalue weighted by Crippen LogP contribution is -2.44. The minimum atomic E-state index is -0.298. The molecule has 0 spiro atoms. The average Bonchev–Trinajstić information content (AvgIpc) is 3.61. The third kappa shape index (κ3) is 5.03. The van der Waals surface area contributed by atoms with Crippen molar-refractivity contribution in [3.05, 3.63) is 79.3 Å². The van der Waals surface area contributed by atoms with Crippen LogP contribution in [0.1, 0.15) is 5.56 Å². The molecule has 0 bridgehead atoms. The number of nitrogens with zero attached hydrogens (tertiary/aromatic N) is 5. The number of aromatic nitrogens is 4. The molecule has 1 fully saturated rings. The quantitative estimate of drug-likeness (QED) is 0.255. The Bertz CT molecular complexity index is 1780. The number of piperazine rings is 1. The third-order valence-electron chi connectivity index (χ3n) is 7.99. The summed E-state index contributed by atoms with van der Waals surface area (Å²) in [6.45, 7) is 9.68. The van der Waals surface area contributed by atoms with Gasteiger partial charge in [0.15, 0.2) is 5.75 Å². The monoisotopic (exact) mass is 561 g/mol. The highest BCUT2D eigenvalue weighted by molar-refractivity contribution is 6.08. The number of benzene rings is 2. The topological polar surface area (TPSA) is 91.3 Å². The van der Waals surface area contributed by atoms with Gasteiger partial charge >= 0.3 is 0 Å². The number of likely N-dealkylation sites (N-methyl/N-ethyl adjacent to an activating group) is 1. The Labute approximate surface area is 245 Å². The highest BCUT2D eigenvalue weighted by Gasteiger charge is 2.23. The molecule has 0 saturated carbocycles. The summed E-state index contributed by atoms with van der Waals surface area (Å²) in [5.41, 5.74) is 9.15. The number of H-pyrrole nitrogens is 1. The van der Waals surface area contributed by atoms with Crippen LogP contribution in [0, 0.1) is 6.92 Å². The number of hydrogen-bond acceptors (Lipinski definition) is 6. The van der Waals surface area contributed by atoms with Gasteiger partial charge in [-0.3, -0.25) is 9.48 Å². The fraction of sp³-hybridized carbons (Fsp3) is 0.242. The molecule has 6 rings (SSSR count). The fourth-order valence-corrected chi connectivity index (χ4v) is 5.62. The highest BCUT2D eigenvalue weighted by atomic mass is 16.5. The van der Waals surface area contributed by atoms with E-state index >= 15 is 0 Å². The van der Waals surface area contributed by atoms with E-state index in [2.05, 4.69) is 69.2 Å². The lowest BCUT2D eigenvalue weighted by atomic mass is 9.95. The Hall–Kier alpha value is -4.89. The van der Waals surface area contributed by atoms with Crippen LogP contribution in [0.5, 0.6) is 5.75 Å². The van der Waals surface area contributed by atoms with Crippen LogP contribution >= 0.6 is 0 Å². The van der Waals surface area contributed by atoms with E-state index in [0.717, 1.165) is 76.3 Å². The molecule has 4 heterocycles. The molecule has 0 aliphatic carbocycles. The predicted molar refractivity (Wildman–Crippen MR) is 169 cm³/mol. The zero-order valence-corrected chi connectivity index (χ0v) is 24.4. The van der Waals surface area contributed by atoms with Crippen LogP contribution in [0.15, 0.2) is 73.7 Å². The normalized spacial score (nSPS) is 13.9. The number of carbonyl (C=O) groups is 1. The summed E-state index contributed by atoms with van der Waals surface area (Å²) < 4.78 is 7.76. The van der Waals surface area contributed by atoms with Crippen molar-refractivity contribution >= 4 is 28.3 Å². The van der Waals surface area contributed by atoms with Gasteiger partial charge in [-0.15, -0.1) is 0 Å². The lowest BCUT2D eigenvalue weighted by Gasteiger charge is -2.34. The number of aryl methyl sites for hydroxylation is 2. The largest absolute Gasteiger partial charge is 0.494 e. The second-order valence-corrected chi connectivity index (χ2v) is 10.8. The molecule has 2 N–H and O–H groups in total. The standard InChI is InChI=1S/C33H35N7O2/c1-6-28(41)36-30-21(2)7-12-26(32(30)42-5)29-27-17-23(24-19-35-39(4)20-24)18-34-33(27)37-31(29)22-8-10-25(11-9-22)40-15-13-38(3)14-16-40/h6-12,17-20H,1,13-16H2,2-5H3,(H,34,37)(H,36,41). The zero-order chi connectivity index (χ0) is 29.4. The molecule has 0 atom stereocenters. The number of aromatic amines is 1. The van der Waals surface area contributed by atoms with Gasteiger partial charge in [0.05, 0.1) is 24.7 Å². The molecule has 3 aromatic heterocycles. The third-order valence-corrected chi connectivity index (χ3v) is 7.99. The van der Waals surface area contributed by atoms with E-state index in [1.165, 1.54) is 11.8 Å². The number of anilines is 2. The molecular weight excluding hydrogens is 526 g/mol. The number of fused-ring (bicyclic) bond motifs is 1. The van der Waals surface area contributed by atoms with Crippen LogP contribution in [-0.2, 0) is 11.8 Å². The van der Waals surface area contributed by atoms with Gasteiger partial charge in [-0.25, -0.2) is 4.98 Å². The van der Waals surface area contributed by atoms with E-state index in [0.29, 0.717) is 11.4 Å². The van der Waals surface area contributed by atoms with E-state index in [1.54, 1.807) is 11.8 Å². The van der Waals surface area contributed by atoms with Crippen LogP contribution in [0.3, 0.4) is 0 Å². The van der Waals surface area contributed by atoms with Gasteiger partial charge in [0.25, 0.3) is 0 Å². The average molecular weight is 562 g/mol. The Balaban J connectivity index is 1.54. The van der Waals surface area contributed by atoms with Crippen LogP contribution in [0.4, 0.5) is 11.4 Å². The minimum absolute atomic E-state index is 0.298. The summed E-state index contributed by atoms with van der Waals surface area (Å²) in [5, 5.41) is 8.24. The number of pyridine rings is 1. The number of hydrogen-bond donors (Lipinski definition) is 2. The van der Waals surface area contributed by atoms with Crippen molar-refractivity contribution in [2.24, 2.45) is 7.05 Å². The van der Waals surface area contributed by atoms with Crippen molar-refractivity contribution in [3.63, 3.8) is 0 Å². The van der Waals surface area contributed by atoms with Crippen molar-refractivity contribution in [3.8, 4) is 39.3 Å². The summed E-state index contributed by atoms with van der Waals surface area (Å²) in [4.78, 5) is 25.6. The number of carbonyl (C=O) groups excluding carboxylic acids is 1. The number of methoxy groups -OCH3 is 1. The van der Waals surface area contributed by atoms with E-state index in [4.69, 9.17) is 9.72 Å². The molecule has 2 aromatic carbocycles. The van der Waals surface area contributed by atoms with E-state index < -0.39 is 0 Å². The maximum Gasteiger partial charge on any atom is 0.247 e.